The summed E-state index contributed by atoms with van der Waals surface area (Å²) in [5.74, 6) is -5.22. The Hall–Kier alpha value is -3.87. The minimum atomic E-state index is -3.65. The second kappa shape index (κ2) is 12.8. The highest BCUT2D eigenvalue weighted by Crippen LogP contribution is 2.30. The van der Waals surface area contributed by atoms with Gasteiger partial charge in [-0.1, -0.05) is 45.9 Å². The number of aromatic amines is 1. The molecule has 1 aromatic carbocycles. The zero-order valence-corrected chi connectivity index (χ0v) is 24.6. The van der Waals surface area contributed by atoms with Gasteiger partial charge in [-0.05, 0) is 55.2 Å². The van der Waals surface area contributed by atoms with E-state index in [-0.39, 0.29) is 24.6 Å². The molecule has 43 heavy (non-hydrogen) atoms. The lowest BCUT2D eigenvalue weighted by molar-refractivity contribution is -0.150. The molecule has 5 atom stereocenters. The number of hydrogen-bond donors (Lipinski definition) is 3. The molecule has 2 aromatic rings. The molecule has 0 bridgehead atoms. The predicted molar refractivity (Wildman–Crippen MR) is 153 cm³/mol. The second-order valence-electron chi connectivity index (χ2n) is 12.3. The average Bonchev–Trinajstić information content (AvgIpc) is 3.54. The summed E-state index contributed by atoms with van der Waals surface area (Å²) in [5.41, 5.74) is -2.08. The van der Waals surface area contributed by atoms with E-state index in [2.05, 4.69) is 15.3 Å². The Labute approximate surface area is 247 Å². The molecule has 1 saturated heterocycles. The molecular weight excluding hydrogens is 566 g/mol. The summed E-state index contributed by atoms with van der Waals surface area (Å²) in [6.07, 6.45) is 1.58. The average molecular weight is 605 g/mol. The fraction of sp³-hybridized carbons (Fsp3) is 0.567. The normalized spacial score (nSPS) is 23.5. The number of ether oxygens (including phenoxy) is 2. The number of H-pyrrole nitrogens is 1. The summed E-state index contributed by atoms with van der Waals surface area (Å²) < 4.78 is 40.9. The lowest BCUT2D eigenvalue weighted by atomic mass is 9.85. The van der Waals surface area contributed by atoms with Crippen molar-refractivity contribution in [1.82, 2.24) is 20.2 Å². The first kappa shape index (κ1) is 32.1. The fourth-order valence-electron chi connectivity index (χ4n) is 5.55. The van der Waals surface area contributed by atoms with E-state index in [0.29, 0.717) is 37.3 Å². The molecule has 0 radical (unpaired) electrons. The number of halogens is 2. The van der Waals surface area contributed by atoms with Crippen LogP contribution in [-0.4, -0.2) is 75.4 Å². The van der Waals surface area contributed by atoms with Crippen molar-refractivity contribution in [1.29, 1.82) is 0 Å². The smallest absolute Gasteiger partial charge is 0.408 e. The first-order valence-electron chi connectivity index (χ1n) is 14.3. The molecule has 1 aliphatic heterocycles. The molecule has 0 spiro atoms. The number of nitrogens with zero attached hydrogens (tertiary/aromatic N) is 2. The van der Waals surface area contributed by atoms with Crippen molar-refractivity contribution in [2.45, 2.75) is 83.6 Å². The summed E-state index contributed by atoms with van der Waals surface area (Å²) in [6, 6.07) is 4.38. The molecule has 2 amide bonds. The first-order chi connectivity index (χ1) is 20.2. The van der Waals surface area contributed by atoms with Crippen LogP contribution in [0.15, 0.2) is 41.2 Å². The largest absolute Gasteiger partial charge is 0.480 e. The number of carbonyl (C=O) groups excluding carboxylic acids is 2. The number of benzene rings is 1. The van der Waals surface area contributed by atoms with Crippen LogP contribution in [0.25, 0.3) is 11.0 Å². The zero-order chi connectivity index (χ0) is 31.5. The number of carboxylic acids is 1. The van der Waals surface area contributed by atoms with Crippen molar-refractivity contribution in [3.63, 3.8) is 0 Å². The molecular formula is C30H38F2N4O7. The minimum absolute atomic E-state index is 0.00698. The maximum absolute atomic E-state index is 14.8. The molecule has 1 aromatic heterocycles. The van der Waals surface area contributed by atoms with Gasteiger partial charge in [-0.3, -0.25) is 9.59 Å². The zero-order valence-electron chi connectivity index (χ0n) is 24.6. The van der Waals surface area contributed by atoms with E-state index in [1.165, 1.54) is 11.0 Å². The van der Waals surface area contributed by atoms with E-state index in [0.717, 1.165) is 6.08 Å². The Balaban J connectivity index is 1.35. The Morgan fingerprint density at radius 1 is 1.21 bits per heavy atom. The standard InChI is InChI=1S/C30H38F2N4O7/c1-17-15-20(27(39)40)36(16-17)26(38)24(29(2,3)4)35-28(41)43-22-12-7-11-21(22)42-14-8-13-30(31,32)23-25(37)34-19-10-6-5-9-18(19)33-23/h5-6,8-10,13,17,20-22,24H,7,11-12,14-16H2,1-4H3,(H,34,37)(H,35,41)(H,39,40)/b13-8+/t17-,20-,21+,22+,24+/m0/s1. The lowest BCUT2D eigenvalue weighted by Gasteiger charge is -2.35. The Kier molecular flexibility index (Phi) is 9.53. The van der Waals surface area contributed by atoms with Crippen LogP contribution in [0.5, 0.6) is 0 Å². The fourth-order valence-corrected chi connectivity index (χ4v) is 5.55. The van der Waals surface area contributed by atoms with E-state index in [1.807, 2.05) is 6.92 Å². The van der Waals surface area contributed by atoms with Gasteiger partial charge < -0.3 is 29.8 Å². The summed E-state index contributed by atoms with van der Waals surface area (Å²) in [4.78, 5) is 57.8. The maximum atomic E-state index is 14.8. The van der Waals surface area contributed by atoms with Crippen molar-refractivity contribution < 1.29 is 37.7 Å². The van der Waals surface area contributed by atoms with E-state index in [1.54, 1.807) is 39.0 Å². The van der Waals surface area contributed by atoms with Gasteiger partial charge in [0.15, 0.2) is 5.69 Å². The monoisotopic (exact) mass is 604 g/mol. The Morgan fingerprint density at radius 2 is 1.91 bits per heavy atom. The number of allylic oxidation sites excluding steroid dienone is 1. The van der Waals surface area contributed by atoms with Crippen LogP contribution in [0.2, 0.25) is 0 Å². The molecule has 1 saturated carbocycles. The van der Waals surface area contributed by atoms with Crippen LogP contribution < -0.4 is 10.9 Å². The van der Waals surface area contributed by atoms with Crippen LogP contribution in [0.4, 0.5) is 13.6 Å². The highest BCUT2D eigenvalue weighted by atomic mass is 19.3. The maximum Gasteiger partial charge on any atom is 0.408 e. The summed E-state index contributed by atoms with van der Waals surface area (Å²) in [7, 11) is 0. The topological polar surface area (TPSA) is 151 Å². The third kappa shape index (κ3) is 7.56. The number of aliphatic carboxylic acids is 1. The summed E-state index contributed by atoms with van der Waals surface area (Å²) in [6.45, 7) is 7.20. The molecule has 0 unspecified atom stereocenters. The van der Waals surface area contributed by atoms with Gasteiger partial charge in [0.25, 0.3) is 5.56 Å². The van der Waals surface area contributed by atoms with Gasteiger partial charge in [0.05, 0.1) is 23.7 Å². The number of nitrogens with one attached hydrogen (secondary N) is 2. The van der Waals surface area contributed by atoms with Crippen molar-refractivity contribution in [3.8, 4) is 0 Å². The van der Waals surface area contributed by atoms with Gasteiger partial charge in [-0.25, -0.2) is 14.6 Å². The van der Waals surface area contributed by atoms with Crippen molar-refractivity contribution in [2.24, 2.45) is 11.3 Å². The number of para-hydroxylation sites is 2. The number of hydrogen-bond acceptors (Lipinski definition) is 7. The highest BCUT2D eigenvalue weighted by Gasteiger charge is 2.44. The van der Waals surface area contributed by atoms with E-state index < -0.39 is 64.9 Å². The van der Waals surface area contributed by atoms with Gasteiger partial charge in [0, 0.05) is 6.54 Å². The van der Waals surface area contributed by atoms with Gasteiger partial charge in [0.2, 0.25) is 5.91 Å². The number of fused-ring (bicyclic) bond motifs is 1. The van der Waals surface area contributed by atoms with Crippen LogP contribution >= 0.6 is 0 Å². The first-order valence-corrected chi connectivity index (χ1v) is 14.3. The van der Waals surface area contributed by atoms with Crippen molar-refractivity contribution >= 4 is 29.0 Å². The van der Waals surface area contributed by atoms with Gasteiger partial charge in [-0.15, -0.1) is 0 Å². The lowest BCUT2D eigenvalue weighted by Crippen LogP contribution is -2.57. The molecule has 2 heterocycles. The van der Waals surface area contributed by atoms with Crippen LogP contribution in [0.1, 0.15) is 59.1 Å². The van der Waals surface area contributed by atoms with Gasteiger partial charge >= 0.3 is 18.0 Å². The number of amides is 2. The van der Waals surface area contributed by atoms with E-state index in [4.69, 9.17) is 9.47 Å². The quantitative estimate of drug-likeness (QED) is 0.364. The Bertz CT molecular complexity index is 1440. The van der Waals surface area contributed by atoms with Crippen molar-refractivity contribution in [2.75, 3.05) is 13.2 Å². The number of rotatable bonds is 9. The number of alkyl halides is 2. The molecule has 11 nitrogen and oxygen atoms in total. The Morgan fingerprint density at radius 3 is 2.60 bits per heavy atom. The third-order valence-electron chi connectivity index (χ3n) is 7.75. The van der Waals surface area contributed by atoms with E-state index >= 15 is 0 Å². The summed E-state index contributed by atoms with van der Waals surface area (Å²) in [5, 5.41) is 12.2. The second-order valence-corrected chi connectivity index (χ2v) is 12.3. The van der Waals surface area contributed by atoms with Crippen molar-refractivity contribution in [3.05, 3.63) is 52.5 Å². The predicted octanol–water partition coefficient (Wildman–Crippen LogP) is 3.97. The highest BCUT2D eigenvalue weighted by molar-refractivity contribution is 5.90. The number of carboxylic acid groups (broad SMARTS) is 1. The van der Waals surface area contributed by atoms with Gasteiger partial charge in [0.1, 0.15) is 18.2 Å². The molecule has 2 fully saturated rings. The molecule has 13 heteroatoms. The van der Waals surface area contributed by atoms with E-state index in [9.17, 15) is 33.1 Å². The molecule has 2 aliphatic rings. The third-order valence-corrected chi connectivity index (χ3v) is 7.75. The van der Waals surface area contributed by atoms with Crippen LogP contribution in [0, 0.1) is 11.3 Å². The molecule has 234 valence electrons. The number of carbonyl (C=O) groups is 3. The molecule has 1 aliphatic carbocycles. The van der Waals surface area contributed by atoms with Crippen LogP contribution in [0.3, 0.4) is 0 Å². The SMILES string of the molecule is C[C@H]1C[C@@H](C(=O)O)N(C(=O)[C@@H](NC(=O)O[C@@H]2CCC[C@H]2OC/C=C/C(F)(F)c2nc3ccccc3[nH]c2=O)C(C)(C)C)C1. The van der Waals surface area contributed by atoms with Gasteiger partial charge in [-0.2, -0.15) is 8.78 Å². The minimum Gasteiger partial charge on any atom is -0.480 e. The number of alkyl carbamates (subject to hydrolysis) is 1. The summed E-state index contributed by atoms with van der Waals surface area (Å²) >= 11 is 0. The molecule has 4 rings (SSSR count). The number of aromatic nitrogens is 2. The van der Waals surface area contributed by atoms with Crippen LogP contribution in [-0.2, 0) is 25.0 Å². The molecule has 3 N–H and O–H groups in total. The number of likely N-dealkylation sites (tertiary alicyclic amines) is 1.